The fourth-order valence-corrected chi connectivity index (χ4v) is 4.62. The van der Waals surface area contributed by atoms with Crippen molar-refractivity contribution in [3.63, 3.8) is 0 Å². The van der Waals surface area contributed by atoms with Crippen molar-refractivity contribution in [2.45, 2.75) is 59.2 Å². The van der Waals surface area contributed by atoms with Gasteiger partial charge in [0.2, 0.25) is 21.8 Å². The lowest BCUT2D eigenvalue weighted by Gasteiger charge is -2.33. The molecule has 202 valence electrons. The third kappa shape index (κ3) is 8.31. The highest BCUT2D eigenvalue weighted by Crippen LogP contribution is 2.22. The number of nitrogens with zero attached hydrogens (tertiary/aromatic N) is 2. The predicted molar refractivity (Wildman–Crippen MR) is 144 cm³/mol. The number of benzene rings is 2. The van der Waals surface area contributed by atoms with E-state index in [-0.39, 0.29) is 30.0 Å². The van der Waals surface area contributed by atoms with Crippen molar-refractivity contribution in [3.05, 3.63) is 59.7 Å². The molecular weight excluding hydrogens is 494 g/mol. The monoisotopic (exact) mass is 531 g/mol. The van der Waals surface area contributed by atoms with Crippen molar-refractivity contribution in [1.82, 2.24) is 10.2 Å². The van der Waals surface area contributed by atoms with Crippen molar-refractivity contribution in [2.75, 3.05) is 24.2 Å². The lowest BCUT2D eigenvalue weighted by Crippen LogP contribution is -2.53. The smallest absolute Gasteiger partial charge is 0.244 e. The molecule has 0 heterocycles. The van der Waals surface area contributed by atoms with Gasteiger partial charge in [0.25, 0.3) is 0 Å². The summed E-state index contributed by atoms with van der Waals surface area (Å²) in [5, 5.41) is 2.93. The number of nitrogens with one attached hydrogen (secondary N) is 1. The van der Waals surface area contributed by atoms with Crippen LogP contribution in [0, 0.1) is 0 Å². The van der Waals surface area contributed by atoms with Crippen LogP contribution < -0.4 is 14.4 Å². The fraction of sp³-hybridized carbons (Fsp3) is 0.444. The Morgan fingerprint density at radius 2 is 1.68 bits per heavy atom. The molecule has 0 aliphatic rings. The average molecular weight is 532 g/mol. The molecule has 0 radical (unpaired) electrons. The highest BCUT2D eigenvalue weighted by Gasteiger charge is 2.32. The molecule has 37 heavy (non-hydrogen) atoms. The SMILES string of the molecule is CC[C@H](C)NC(=O)[C@H](CC)N(Cc1ccc(OC)cc1)C(=O)CN(c1cccc(C(C)=O)c1)S(C)(=O)=O. The molecule has 2 amide bonds. The molecule has 0 aliphatic carbocycles. The molecule has 0 spiro atoms. The maximum Gasteiger partial charge on any atom is 0.244 e. The predicted octanol–water partition coefficient (Wildman–Crippen LogP) is 3.39. The third-order valence-electron chi connectivity index (χ3n) is 6.12. The Kier molecular flexibility index (Phi) is 10.7. The van der Waals surface area contributed by atoms with E-state index in [1.807, 2.05) is 13.8 Å². The molecule has 10 heteroatoms. The van der Waals surface area contributed by atoms with Crippen molar-refractivity contribution < 1.29 is 27.5 Å². The van der Waals surface area contributed by atoms with Gasteiger partial charge in [-0.15, -0.1) is 0 Å². The summed E-state index contributed by atoms with van der Waals surface area (Å²) in [6.45, 7) is 6.59. The number of anilines is 1. The molecule has 0 bridgehead atoms. The number of rotatable bonds is 13. The lowest BCUT2D eigenvalue weighted by molar-refractivity contribution is -0.140. The van der Waals surface area contributed by atoms with Crippen LogP contribution in [-0.2, 0) is 26.2 Å². The van der Waals surface area contributed by atoms with E-state index in [1.165, 1.54) is 24.0 Å². The molecule has 0 aliphatic heterocycles. The standard InChI is InChI=1S/C27H37N3O6S/c1-7-19(3)28-27(33)25(8-2)29(17-21-12-14-24(36-5)15-13-21)26(32)18-30(37(6,34)35)23-11-9-10-22(16-23)20(4)31/h9-16,19,25H,7-8,17-18H2,1-6H3,(H,28,33)/t19-,25-/m0/s1. The zero-order valence-corrected chi connectivity index (χ0v) is 23.2. The highest BCUT2D eigenvalue weighted by atomic mass is 32.2. The lowest BCUT2D eigenvalue weighted by atomic mass is 10.1. The van der Waals surface area contributed by atoms with Gasteiger partial charge in [0.15, 0.2) is 5.78 Å². The topological polar surface area (TPSA) is 113 Å². The molecule has 0 saturated heterocycles. The largest absolute Gasteiger partial charge is 0.497 e. The fourth-order valence-electron chi connectivity index (χ4n) is 3.78. The van der Waals surface area contributed by atoms with E-state index >= 15 is 0 Å². The minimum absolute atomic E-state index is 0.0821. The third-order valence-corrected chi connectivity index (χ3v) is 7.26. The number of amides is 2. The number of ketones is 1. The summed E-state index contributed by atoms with van der Waals surface area (Å²) in [5.41, 5.74) is 1.28. The molecule has 2 rings (SSSR count). The minimum atomic E-state index is -3.89. The number of hydrogen-bond donors (Lipinski definition) is 1. The van der Waals surface area contributed by atoms with Crippen LogP contribution >= 0.6 is 0 Å². The Labute approximate surface area is 219 Å². The molecular formula is C27H37N3O6S. The number of ether oxygens (including phenoxy) is 1. The summed E-state index contributed by atoms with van der Waals surface area (Å²) in [4.78, 5) is 40.2. The number of sulfonamides is 1. The van der Waals surface area contributed by atoms with Crippen molar-refractivity contribution in [3.8, 4) is 5.75 Å². The van der Waals surface area contributed by atoms with Gasteiger partial charge in [0, 0.05) is 18.2 Å². The van der Waals surface area contributed by atoms with Gasteiger partial charge in [-0.25, -0.2) is 8.42 Å². The maximum atomic E-state index is 13.7. The second kappa shape index (κ2) is 13.2. The molecule has 0 fully saturated rings. The number of methoxy groups -OCH3 is 1. The first-order valence-corrected chi connectivity index (χ1v) is 14.1. The molecule has 2 aromatic carbocycles. The Hall–Kier alpha value is -3.40. The van der Waals surface area contributed by atoms with Gasteiger partial charge in [-0.1, -0.05) is 38.1 Å². The van der Waals surface area contributed by atoms with Crippen LogP contribution in [0.2, 0.25) is 0 Å². The van der Waals surface area contributed by atoms with Crippen LogP contribution in [0.5, 0.6) is 5.75 Å². The van der Waals surface area contributed by atoms with Crippen molar-refractivity contribution in [2.24, 2.45) is 0 Å². The van der Waals surface area contributed by atoms with E-state index in [1.54, 1.807) is 50.4 Å². The van der Waals surface area contributed by atoms with Gasteiger partial charge in [0.1, 0.15) is 18.3 Å². The van der Waals surface area contributed by atoms with E-state index in [9.17, 15) is 22.8 Å². The van der Waals surface area contributed by atoms with Crippen LogP contribution in [-0.4, -0.2) is 62.9 Å². The minimum Gasteiger partial charge on any atom is -0.497 e. The second-order valence-corrected chi connectivity index (χ2v) is 10.9. The zero-order valence-electron chi connectivity index (χ0n) is 22.4. The summed E-state index contributed by atoms with van der Waals surface area (Å²) in [6, 6.07) is 12.3. The van der Waals surface area contributed by atoms with Crippen molar-refractivity contribution in [1.29, 1.82) is 0 Å². The molecule has 2 atom stereocenters. The molecule has 0 unspecified atom stereocenters. The number of hydrogen-bond acceptors (Lipinski definition) is 6. The molecule has 9 nitrogen and oxygen atoms in total. The summed E-state index contributed by atoms with van der Waals surface area (Å²) in [7, 11) is -2.34. The van der Waals surface area contributed by atoms with Gasteiger partial charge < -0.3 is 15.0 Å². The first-order valence-electron chi connectivity index (χ1n) is 12.2. The first kappa shape index (κ1) is 29.8. The van der Waals surface area contributed by atoms with Gasteiger partial charge in [-0.2, -0.15) is 0 Å². The molecule has 0 saturated carbocycles. The van der Waals surface area contributed by atoms with E-state index in [0.717, 1.165) is 22.5 Å². The van der Waals surface area contributed by atoms with E-state index in [2.05, 4.69) is 5.32 Å². The Morgan fingerprint density at radius 1 is 1.03 bits per heavy atom. The number of Topliss-reactive ketones (excluding diaryl/α,β-unsaturated/α-hetero) is 1. The average Bonchev–Trinajstić information content (AvgIpc) is 2.86. The van der Waals surface area contributed by atoms with Crippen LogP contribution in [0.15, 0.2) is 48.5 Å². The Morgan fingerprint density at radius 3 is 2.19 bits per heavy atom. The van der Waals surface area contributed by atoms with E-state index in [0.29, 0.717) is 17.7 Å². The number of carbonyl (C=O) groups is 3. The van der Waals surface area contributed by atoms with Crippen LogP contribution in [0.4, 0.5) is 5.69 Å². The summed E-state index contributed by atoms with van der Waals surface area (Å²) < 4.78 is 31.6. The van der Waals surface area contributed by atoms with Crippen LogP contribution in [0.3, 0.4) is 0 Å². The van der Waals surface area contributed by atoms with E-state index < -0.39 is 28.5 Å². The quantitative estimate of drug-likeness (QED) is 0.397. The zero-order chi connectivity index (χ0) is 27.8. The second-order valence-electron chi connectivity index (χ2n) is 8.99. The molecule has 0 aromatic heterocycles. The first-order chi connectivity index (χ1) is 17.4. The molecule has 1 N–H and O–H groups in total. The number of carbonyl (C=O) groups excluding carboxylic acids is 3. The van der Waals surface area contributed by atoms with Crippen molar-refractivity contribution >= 4 is 33.3 Å². The van der Waals surface area contributed by atoms with Gasteiger partial charge in [-0.3, -0.25) is 18.7 Å². The summed E-state index contributed by atoms with van der Waals surface area (Å²) in [5.74, 6) is -0.420. The summed E-state index contributed by atoms with van der Waals surface area (Å²) >= 11 is 0. The molecule has 2 aromatic rings. The Balaban J connectivity index is 2.47. The van der Waals surface area contributed by atoms with Gasteiger partial charge in [-0.05, 0) is 56.5 Å². The maximum absolute atomic E-state index is 13.7. The van der Waals surface area contributed by atoms with Crippen LogP contribution in [0.25, 0.3) is 0 Å². The highest BCUT2D eigenvalue weighted by molar-refractivity contribution is 7.92. The Bertz CT molecular complexity index is 1200. The normalized spacial score (nSPS) is 12.8. The van der Waals surface area contributed by atoms with E-state index in [4.69, 9.17) is 4.74 Å². The van der Waals surface area contributed by atoms with Crippen LogP contribution in [0.1, 0.15) is 56.5 Å². The van der Waals surface area contributed by atoms with Gasteiger partial charge >= 0.3 is 0 Å². The summed E-state index contributed by atoms with van der Waals surface area (Å²) in [6.07, 6.45) is 2.06. The van der Waals surface area contributed by atoms with Gasteiger partial charge in [0.05, 0.1) is 19.1 Å².